The fraction of sp³-hybridized carbons (Fsp3) is 0.538. The van der Waals surface area contributed by atoms with Crippen LogP contribution in [-0.4, -0.2) is 20.7 Å². The molecule has 96 valence electrons. The van der Waals surface area contributed by atoms with Crippen LogP contribution in [0.2, 0.25) is 5.02 Å². The van der Waals surface area contributed by atoms with Gasteiger partial charge in [-0.05, 0) is 51.1 Å². The Labute approximate surface area is 108 Å². The van der Waals surface area contributed by atoms with Gasteiger partial charge in [0.15, 0.2) is 0 Å². The summed E-state index contributed by atoms with van der Waals surface area (Å²) in [6.45, 7) is 2.67. The lowest BCUT2D eigenvalue weighted by Crippen LogP contribution is -2.18. The summed E-state index contributed by atoms with van der Waals surface area (Å²) in [5.74, 6) is 0.878. The maximum atomic E-state index is 6.17. The van der Waals surface area contributed by atoms with Gasteiger partial charge in [-0.2, -0.15) is 0 Å². The standard InChI is InChI=1S/C13H21ClN2O/c1-9-7-13(17-3)10(8-11(9)14)12(16-2)5-4-6-15/h7-8,12,16H,4-6,15H2,1-3H3. The molecule has 0 heterocycles. The highest BCUT2D eigenvalue weighted by Gasteiger charge is 2.15. The third kappa shape index (κ3) is 3.60. The third-order valence-corrected chi connectivity index (χ3v) is 3.34. The van der Waals surface area contributed by atoms with Gasteiger partial charge in [-0.25, -0.2) is 0 Å². The molecule has 0 saturated carbocycles. The van der Waals surface area contributed by atoms with Crippen LogP contribution in [0.15, 0.2) is 12.1 Å². The minimum atomic E-state index is 0.228. The van der Waals surface area contributed by atoms with E-state index >= 15 is 0 Å². The monoisotopic (exact) mass is 256 g/mol. The first-order chi connectivity index (χ1) is 8.13. The van der Waals surface area contributed by atoms with E-state index in [0.29, 0.717) is 6.54 Å². The lowest BCUT2D eigenvalue weighted by atomic mass is 9.99. The summed E-state index contributed by atoms with van der Waals surface area (Å²) in [5.41, 5.74) is 7.67. The smallest absolute Gasteiger partial charge is 0.124 e. The largest absolute Gasteiger partial charge is 0.496 e. The third-order valence-electron chi connectivity index (χ3n) is 2.93. The number of ether oxygens (including phenoxy) is 1. The Hall–Kier alpha value is -0.770. The van der Waals surface area contributed by atoms with Crippen LogP contribution in [0.3, 0.4) is 0 Å². The number of methoxy groups -OCH3 is 1. The fourth-order valence-electron chi connectivity index (χ4n) is 1.90. The maximum absolute atomic E-state index is 6.17. The van der Waals surface area contributed by atoms with Gasteiger partial charge in [0.25, 0.3) is 0 Å². The van der Waals surface area contributed by atoms with Crippen LogP contribution >= 0.6 is 11.6 Å². The van der Waals surface area contributed by atoms with Crippen molar-refractivity contribution < 1.29 is 4.74 Å². The molecule has 0 aliphatic rings. The first-order valence-corrected chi connectivity index (χ1v) is 6.23. The zero-order valence-corrected chi connectivity index (χ0v) is 11.5. The summed E-state index contributed by atoms with van der Waals surface area (Å²) in [4.78, 5) is 0. The molecule has 1 unspecified atom stereocenters. The van der Waals surface area contributed by atoms with Gasteiger partial charge < -0.3 is 15.8 Å². The van der Waals surface area contributed by atoms with E-state index in [-0.39, 0.29) is 6.04 Å². The van der Waals surface area contributed by atoms with Crippen molar-refractivity contribution >= 4 is 11.6 Å². The van der Waals surface area contributed by atoms with Gasteiger partial charge in [0.05, 0.1) is 7.11 Å². The zero-order chi connectivity index (χ0) is 12.8. The molecule has 0 bridgehead atoms. The molecule has 17 heavy (non-hydrogen) atoms. The maximum Gasteiger partial charge on any atom is 0.124 e. The van der Waals surface area contributed by atoms with Crippen LogP contribution in [0.25, 0.3) is 0 Å². The Morgan fingerprint density at radius 3 is 2.71 bits per heavy atom. The summed E-state index contributed by atoms with van der Waals surface area (Å²) in [6.07, 6.45) is 1.95. The van der Waals surface area contributed by atoms with E-state index in [1.54, 1.807) is 7.11 Å². The molecule has 0 aromatic heterocycles. The van der Waals surface area contributed by atoms with Crippen LogP contribution in [0, 0.1) is 6.92 Å². The van der Waals surface area contributed by atoms with Crippen molar-refractivity contribution in [1.29, 1.82) is 0 Å². The molecule has 0 aliphatic heterocycles. The van der Waals surface area contributed by atoms with Crippen LogP contribution in [0.1, 0.15) is 30.0 Å². The molecule has 0 fully saturated rings. The van der Waals surface area contributed by atoms with Crippen molar-refractivity contribution in [3.63, 3.8) is 0 Å². The molecule has 4 heteroatoms. The molecule has 3 N–H and O–H groups in total. The van der Waals surface area contributed by atoms with Crippen LogP contribution in [0.5, 0.6) is 5.75 Å². The Morgan fingerprint density at radius 2 is 2.18 bits per heavy atom. The van der Waals surface area contributed by atoms with Crippen LogP contribution in [-0.2, 0) is 0 Å². The van der Waals surface area contributed by atoms with E-state index in [1.807, 2.05) is 26.1 Å². The molecule has 0 amide bonds. The van der Waals surface area contributed by atoms with Crippen molar-refractivity contribution in [3.05, 3.63) is 28.3 Å². The first-order valence-electron chi connectivity index (χ1n) is 5.85. The van der Waals surface area contributed by atoms with E-state index in [4.69, 9.17) is 22.1 Å². The fourth-order valence-corrected chi connectivity index (χ4v) is 2.07. The molecule has 0 radical (unpaired) electrons. The van der Waals surface area contributed by atoms with E-state index < -0.39 is 0 Å². The van der Waals surface area contributed by atoms with Crippen LogP contribution < -0.4 is 15.8 Å². The molecule has 1 atom stereocenters. The SMILES string of the molecule is CNC(CCCN)c1cc(Cl)c(C)cc1OC. The lowest BCUT2D eigenvalue weighted by Gasteiger charge is -2.20. The van der Waals surface area contributed by atoms with Gasteiger partial charge in [-0.3, -0.25) is 0 Å². The summed E-state index contributed by atoms with van der Waals surface area (Å²) in [5, 5.41) is 4.05. The molecule has 3 nitrogen and oxygen atoms in total. The first kappa shape index (κ1) is 14.3. The average molecular weight is 257 g/mol. The van der Waals surface area contributed by atoms with Crippen molar-refractivity contribution in [2.75, 3.05) is 20.7 Å². The van der Waals surface area contributed by atoms with Crippen molar-refractivity contribution in [2.45, 2.75) is 25.8 Å². The Morgan fingerprint density at radius 1 is 1.47 bits per heavy atom. The topological polar surface area (TPSA) is 47.3 Å². The van der Waals surface area contributed by atoms with Crippen LogP contribution in [0.4, 0.5) is 0 Å². The highest BCUT2D eigenvalue weighted by atomic mass is 35.5. The summed E-state index contributed by atoms with van der Waals surface area (Å²) in [7, 11) is 3.62. The van der Waals surface area contributed by atoms with E-state index in [9.17, 15) is 0 Å². The molecule has 1 rings (SSSR count). The molecule has 1 aromatic rings. The van der Waals surface area contributed by atoms with Gasteiger partial charge in [-0.15, -0.1) is 0 Å². The van der Waals surface area contributed by atoms with Crippen molar-refractivity contribution in [1.82, 2.24) is 5.32 Å². The van der Waals surface area contributed by atoms with Crippen molar-refractivity contribution in [3.8, 4) is 5.75 Å². The second kappa shape index (κ2) is 6.84. The molecular weight excluding hydrogens is 236 g/mol. The van der Waals surface area contributed by atoms with E-state index in [1.165, 1.54) is 0 Å². The number of hydrogen-bond acceptors (Lipinski definition) is 3. The zero-order valence-electron chi connectivity index (χ0n) is 10.7. The van der Waals surface area contributed by atoms with Gasteiger partial charge >= 0.3 is 0 Å². The summed E-state index contributed by atoms with van der Waals surface area (Å²) < 4.78 is 5.41. The van der Waals surface area contributed by atoms with Gasteiger partial charge in [-0.1, -0.05) is 11.6 Å². The normalized spacial score (nSPS) is 12.5. The predicted octanol–water partition coefficient (Wildman–Crippen LogP) is 2.66. The van der Waals surface area contributed by atoms with Gasteiger partial charge in [0.1, 0.15) is 5.75 Å². The number of nitrogens with two attached hydrogens (primary N) is 1. The minimum Gasteiger partial charge on any atom is -0.496 e. The number of aryl methyl sites for hydroxylation is 1. The van der Waals surface area contributed by atoms with Gasteiger partial charge in [0, 0.05) is 16.6 Å². The minimum absolute atomic E-state index is 0.228. The summed E-state index contributed by atoms with van der Waals surface area (Å²) in [6, 6.07) is 4.18. The number of hydrogen-bond donors (Lipinski definition) is 2. The molecule has 1 aromatic carbocycles. The molecule has 0 spiro atoms. The Kier molecular flexibility index (Phi) is 5.75. The highest BCUT2D eigenvalue weighted by Crippen LogP contribution is 2.32. The Bertz CT molecular complexity index is 369. The van der Waals surface area contributed by atoms with Crippen molar-refractivity contribution in [2.24, 2.45) is 5.73 Å². The molecular formula is C13H21ClN2O. The Balaban J connectivity index is 3.04. The second-order valence-corrected chi connectivity index (χ2v) is 4.52. The van der Waals surface area contributed by atoms with E-state index in [0.717, 1.165) is 34.7 Å². The summed E-state index contributed by atoms with van der Waals surface area (Å²) >= 11 is 6.17. The predicted molar refractivity (Wildman–Crippen MR) is 72.8 cm³/mol. The van der Waals surface area contributed by atoms with Gasteiger partial charge in [0.2, 0.25) is 0 Å². The number of benzene rings is 1. The molecule has 0 aliphatic carbocycles. The number of nitrogens with one attached hydrogen (secondary N) is 1. The van der Waals surface area contributed by atoms with E-state index in [2.05, 4.69) is 5.32 Å². The number of halogens is 1. The second-order valence-electron chi connectivity index (χ2n) is 4.12. The highest BCUT2D eigenvalue weighted by molar-refractivity contribution is 6.31. The average Bonchev–Trinajstić information content (AvgIpc) is 2.34. The lowest BCUT2D eigenvalue weighted by molar-refractivity contribution is 0.397. The quantitative estimate of drug-likeness (QED) is 0.823. The molecule has 0 saturated heterocycles. The number of rotatable bonds is 6.